The van der Waals surface area contributed by atoms with Crippen molar-refractivity contribution >= 4 is 11.9 Å². The number of hydrogen-bond acceptors (Lipinski definition) is 4. The Morgan fingerprint density at radius 3 is 2.35 bits per heavy atom. The van der Waals surface area contributed by atoms with Gasteiger partial charge in [0, 0.05) is 18.8 Å². The first kappa shape index (κ1) is 18.0. The van der Waals surface area contributed by atoms with Gasteiger partial charge < -0.3 is 19.7 Å². The molecule has 0 radical (unpaired) electrons. The van der Waals surface area contributed by atoms with E-state index in [-0.39, 0.29) is 11.7 Å². The lowest BCUT2D eigenvalue weighted by atomic mass is 9.89. The molecule has 0 spiro atoms. The van der Waals surface area contributed by atoms with Crippen LogP contribution >= 0.6 is 0 Å². The highest BCUT2D eigenvalue weighted by molar-refractivity contribution is 6.00. The molecule has 1 aromatic heterocycles. The highest BCUT2D eigenvalue weighted by atomic mass is 16.5. The summed E-state index contributed by atoms with van der Waals surface area (Å²) in [6, 6.07) is 7.29. The standard InChI is InChI=1S/C20H24N2O4/c1-12-17(20(25)26-3)13(2)21-18(12)19(24)22-10-8-15(9-11-22)14-4-6-16(23)7-5-14/h4-7,15,21,23H,8-11H2,1-3H3. The van der Waals surface area contributed by atoms with Crippen LogP contribution in [0.4, 0.5) is 0 Å². The monoisotopic (exact) mass is 356 g/mol. The topological polar surface area (TPSA) is 82.6 Å². The molecule has 2 heterocycles. The van der Waals surface area contributed by atoms with Gasteiger partial charge in [-0.05, 0) is 55.9 Å². The molecule has 0 saturated carbocycles. The summed E-state index contributed by atoms with van der Waals surface area (Å²) >= 11 is 0. The van der Waals surface area contributed by atoms with Crippen molar-refractivity contribution in [2.45, 2.75) is 32.6 Å². The Kier molecular flexibility index (Phi) is 5.02. The molecule has 0 unspecified atom stereocenters. The number of aromatic hydroxyl groups is 1. The third-order valence-electron chi connectivity index (χ3n) is 5.19. The first-order chi connectivity index (χ1) is 12.4. The van der Waals surface area contributed by atoms with Crippen molar-refractivity contribution in [3.8, 4) is 5.75 Å². The second-order valence-corrected chi connectivity index (χ2v) is 6.77. The van der Waals surface area contributed by atoms with Gasteiger partial charge in [-0.2, -0.15) is 0 Å². The Hall–Kier alpha value is -2.76. The number of H-pyrrole nitrogens is 1. The van der Waals surface area contributed by atoms with Crippen molar-refractivity contribution in [3.63, 3.8) is 0 Å². The number of aryl methyl sites for hydroxylation is 1. The molecule has 1 aliphatic heterocycles. The van der Waals surface area contributed by atoms with Crippen LogP contribution < -0.4 is 0 Å². The van der Waals surface area contributed by atoms with Gasteiger partial charge in [-0.25, -0.2) is 4.79 Å². The summed E-state index contributed by atoms with van der Waals surface area (Å²) in [4.78, 5) is 29.7. The van der Waals surface area contributed by atoms with Crippen molar-refractivity contribution in [1.82, 2.24) is 9.88 Å². The van der Waals surface area contributed by atoms with Gasteiger partial charge in [-0.3, -0.25) is 4.79 Å². The highest BCUT2D eigenvalue weighted by Crippen LogP contribution is 2.30. The summed E-state index contributed by atoms with van der Waals surface area (Å²) < 4.78 is 4.81. The molecule has 1 saturated heterocycles. The predicted molar refractivity (Wildman–Crippen MR) is 97.6 cm³/mol. The number of esters is 1. The van der Waals surface area contributed by atoms with Crippen LogP contribution in [0.5, 0.6) is 5.75 Å². The Morgan fingerprint density at radius 1 is 1.15 bits per heavy atom. The van der Waals surface area contributed by atoms with E-state index in [1.807, 2.05) is 17.0 Å². The zero-order chi connectivity index (χ0) is 18.8. The van der Waals surface area contributed by atoms with Gasteiger partial charge in [0.05, 0.1) is 12.7 Å². The number of nitrogens with one attached hydrogen (secondary N) is 1. The van der Waals surface area contributed by atoms with Gasteiger partial charge in [0.2, 0.25) is 0 Å². The van der Waals surface area contributed by atoms with Crippen molar-refractivity contribution in [2.75, 3.05) is 20.2 Å². The van der Waals surface area contributed by atoms with Crippen LogP contribution in [0.1, 0.15) is 56.4 Å². The number of aromatic amines is 1. The molecule has 2 N–H and O–H groups in total. The van der Waals surface area contributed by atoms with E-state index in [4.69, 9.17) is 4.74 Å². The summed E-state index contributed by atoms with van der Waals surface area (Å²) in [7, 11) is 1.34. The number of likely N-dealkylation sites (tertiary alicyclic amines) is 1. The number of phenolic OH excluding ortho intramolecular Hbond substituents is 1. The Morgan fingerprint density at radius 2 is 1.77 bits per heavy atom. The molecule has 2 aromatic rings. The molecule has 1 amide bonds. The van der Waals surface area contributed by atoms with Crippen LogP contribution in [0.15, 0.2) is 24.3 Å². The minimum absolute atomic E-state index is 0.0788. The number of benzene rings is 1. The quantitative estimate of drug-likeness (QED) is 0.828. The summed E-state index contributed by atoms with van der Waals surface area (Å²) in [6.07, 6.45) is 1.75. The molecule has 26 heavy (non-hydrogen) atoms. The first-order valence-electron chi connectivity index (χ1n) is 8.78. The third-order valence-corrected chi connectivity index (χ3v) is 5.19. The molecular weight excluding hydrogens is 332 g/mol. The average molecular weight is 356 g/mol. The molecule has 6 nitrogen and oxygen atoms in total. The maximum atomic E-state index is 12.9. The molecule has 6 heteroatoms. The largest absolute Gasteiger partial charge is 0.508 e. The van der Waals surface area contributed by atoms with Gasteiger partial charge in [0.25, 0.3) is 5.91 Å². The Balaban J connectivity index is 1.71. The van der Waals surface area contributed by atoms with E-state index in [1.54, 1.807) is 26.0 Å². The molecule has 1 aromatic carbocycles. The van der Waals surface area contributed by atoms with Crippen LogP contribution in [0, 0.1) is 13.8 Å². The lowest BCUT2D eigenvalue weighted by molar-refractivity contribution is 0.0599. The third kappa shape index (κ3) is 3.31. The molecule has 0 atom stereocenters. The van der Waals surface area contributed by atoms with E-state index in [2.05, 4.69) is 4.98 Å². The van der Waals surface area contributed by atoms with Crippen LogP contribution in [0.3, 0.4) is 0 Å². The van der Waals surface area contributed by atoms with Crippen LogP contribution in [-0.4, -0.2) is 47.1 Å². The molecule has 0 bridgehead atoms. The smallest absolute Gasteiger partial charge is 0.339 e. The van der Waals surface area contributed by atoms with Gasteiger partial charge in [-0.15, -0.1) is 0 Å². The maximum absolute atomic E-state index is 12.9. The van der Waals surface area contributed by atoms with Crippen LogP contribution in [-0.2, 0) is 4.74 Å². The summed E-state index contributed by atoms with van der Waals surface area (Å²) in [5.41, 5.74) is 3.38. The zero-order valence-corrected chi connectivity index (χ0v) is 15.3. The van der Waals surface area contributed by atoms with Crippen molar-refractivity contribution < 1.29 is 19.4 Å². The zero-order valence-electron chi connectivity index (χ0n) is 15.3. The number of hydrogen-bond donors (Lipinski definition) is 2. The minimum atomic E-state index is -0.429. The predicted octanol–water partition coefficient (Wildman–Crippen LogP) is 3.14. The molecule has 1 aliphatic rings. The van der Waals surface area contributed by atoms with Gasteiger partial charge in [0.15, 0.2) is 0 Å². The first-order valence-corrected chi connectivity index (χ1v) is 8.78. The molecule has 3 rings (SSSR count). The molecular formula is C20H24N2O4. The second kappa shape index (κ2) is 7.23. The van der Waals surface area contributed by atoms with E-state index in [0.717, 1.165) is 12.8 Å². The van der Waals surface area contributed by atoms with E-state index in [9.17, 15) is 14.7 Å². The van der Waals surface area contributed by atoms with Crippen molar-refractivity contribution in [3.05, 3.63) is 52.3 Å². The van der Waals surface area contributed by atoms with E-state index in [1.165, 1.54) is 12.7 Å². The highest BCUT2D eigenvalue weighted by Gasteiger charge is 2.29. The number of piperidine rings is 1. The number of carbonyl (C=O) groups excluding carboxylic acids is 2. The van der Waals surface area contributed by atoms with Gasteiger partial charge in [0.1, 0.15) is 11.4 Å². The maximum Gasteiger partial charge on any atom is 0.339 e. The summed E-state index contributed by atoms with van der Waals surface area (Å²) in [5.74, 6) is 0.142. The number of phenols is 1. The number of aromatic nitrogens is 1. The summed E-state index contributed by atoms with van der Waals surface area (Å²) in [5, 5.41) is 9.41. The lowest BCUT2D eigenvalue weighted by Gasteiger charge is -2.32. The second-order valence-electron chi connectivity index (χ2n) is 6.77. The number of methoxy groups -OCH3 is 1. The fourth-order valence-corrected chi connectivity index (χ4v) is 3.69. The number of amides is 1. The fraction of sp³-hybridized carbons (Fsp3) is 0.400. The fourth-order valence-electron chi connectivity index (χ4n) is 3.69. The van der Waals surface area contributed by atoms with Crippen LogP contribution in [0.25, 0.3) is 0 Å². The summed E-state index contributed by atoms with van der Waals surface area (Å²) in [6.45, 7) is 4.87. The van der Waals surface area contributed by atoms with Crippen molar-refractivity contribution in [1.29, 1.82) is 0 Å². The SMILES string of the molecule is COC(=O)c1c(C)[nH]c(C(=O)N2CCC(c3ccc(O)cc3)CC2)c1C. The average Bonchev–Trinajstić information content (AvgIpc) is 2.95. The molecule has 0 aliphatic carbocycles. The number of carbonyl (C=O) groups is 2. The Labute approximate surface area is 152 Å². The van der Waals surface area contributed by atoms with Crippen molar-refractivity contribution in [2.24, 2.45) is 0 Å². The minimum Gasteiger partial charge on any atom is -0.508 e. The van der Waals surface area contributed by atoms with Gasteiger partial charge >= 0.3 is 5.97 Å². The molecule has 1 fully saturated rings. The number of nitrogens with zero attached hydrogens (tertiary/aromatic N) is 1. The van der Waals surface area contributed by atoms with Crippen LogP contribution in [0.2, 0.25) is 0 Å². The van der Waals surface area contributed by atoms with E-state index < -0.39 is 5.97 Å². The number of ether oxygens (including phenoxy) is 1. The van der Waals surface area contributed by atoms with E-state index >= 15 is 0 Å². The molecule has 138 valence electrons. The number of rotatable bonds is 3. The van der Waals surface area contributed by atoms with E-state index in [0.29, 0.717) is 41.5 Å². The Bertz CT molecular complexity index is 815. The lowest BCUT2D eigenvalue weighted by Crippen LogP contribution is -2.38. The normalized spacial score (nSPS) is 15.1. The van der Waals surface area contributed by atoms with Gasteiger partial charge in [-0.1, -0.05) is 12.1 Å².